The summed E-state index contributed by atoms with van der Waals surface area (Å²) in [7, 11) is -3.06. The molecule has 2 heterocycles. The number of hydrogen-bond donors (Lipinski definition) is 1. The van der Waals surface area contributed by atoms with Crippen molar-refractivity contribution in [1.82, 2.24) is 4.98 Å². The highest BCUT2D eigenvalue weighted by atomic mass is 79.9. The maximum Gasteiger partial charge on any atom is 0.259 e. The van der Waals surface area contributed by atoms with Crippen molar-refractivity contribution in [2.75, 3.05) is 29.1 Å². The van der Waals surface area contributed by atoms with E-state index in [0.29, 0.717) is 30.2 Å². The molecule has 0 spiro atoms. The summed E-state index contributed by atoms with van der Waals surface area (Å²) in [4.78, 5) is 18.9. The molecule has 2 aromatic rings. The molecular formula is C17H18BrN3O3S. The lowest BCUT2D eigenvalue weighted by atomic mass is 10.2. The summed E-state index contributed by atoms with van der Waals surface area (Å²) in [6, 6.07) is 10.7. The van der Waals surface area contributed by atoms with Crippen LogP contribution in [-0.4, -0.2) is 43.4 Å². The van der Waals surface area contributed by atoms with E-state index in [9.17, 15) is 13.2 Å². The van der Waals surface area contributed by atoms with E-state index >= 15 is 0 Å². The average Bonchev–Trinajstić information content (AvgIpc) is 2.59. The molecule has 1 N–H and O–H groups in total. The zero-order chi connectivity index (χ0) is 18.0. The van der Waals surface area contributed by atoms with Crippen LogP contribution in [0.2, 0.25) is 0 Å². The van der Waals surface area contributed by atoms with Gasteiger partial charge in [0.05, 0.1) is 16.6 Å². The lowest BCUT2D eigenvalue weighted by molar-refractivity contribution is 0.102. The number of amides is 1. The van der Waals surface area contributed by atoms with Gasteiger partial charge >= 0.3 is 0 Å². The summed E-state index contributed by atoms with van der Waals surface area (Å²) >= 11 is 3.36. The van der Waals surface area contributed by atoms with Gasteiger partial charge in [-0.25, -0.2) is 13.4 Å². The second-order valence-electron chi connectivity index (χ2n) is 5.96. The van der Waals surface area contributed by atoms with E-state index in [2.05, 4.69) is 26.2 Å². The minimum Gasteiger partial charge on any atom is -0.354 e. The molecule has 1 atom stereocenters. The van der Waals surface area contributed by atoms with Crippen molar-refractivity contribution < 1.29 is 13.2 Å². The maximum absolute atomic E-state index is 12.7. The molecule has 8 heteroatoms. The topological polar surface area (TPSA) is 79.4 Å². The van der Waals surface area contributed by atoms with Crippen molar-refractivity contribution >= 4 is 43.2 Å². The zero-order valence-electron chi connectivity index (χ0n) is 13.6. The van der Waals surface area contributed by atoms with Crippen molar-refractivity contribution in [2.45, 2.75) is 12.2 Å². The number of nitrogens with one attached hydrogen (secondary N) is 1. The van der Waals surface area contributed by atoms with Crippen molar-refractivity contribution in [2.24, 2.45) is 0 Å². The number of carbonyl (C=O) groups is 1. The predicted octanol–water partition coefficient (Wildman–Crippen LogP) is 2.72. The van der Waals surface area contributed by atoms with Crippen LogP contribution >= 0.6 is 15.9 Å². The van der Waals surface area contributed by atoms with Gasteiger partial charge in [-0.15, -0.1) is 0 Å². The highest BCUT2D eigenvalue weighted by Gasteiger charge is 2.31. The van der Waals surface area contributed by atoms with Crippen LogP contribution in [0.1, 0.15) is 17.3 Å². The van der Waals surface area contributed by atoms with Crippen LogP contribution < -0.4 is 10.2 Å². The largest absolute Gasteiger partial charge is 0.354 e. The Hall–Kier alpha value is -1.93. The van der Waals surface area contributed by atoms with Crippen molar-refractivity contribution in [3.8, 4) is 0 Å². The predicted molar refractivity (Wildman–Crippen MR) is 102 cm³/mol. The van der Waals surface area contributed by atoms with E-state index in [1.165, 1.54) is 0 Å². The molecule has 1 saturated heterocycles. The standard InChI is InChI=1S/C17H18BrN3O3S/c1-12-11-21(9-10-25(12,23)24)16-15(3-2-8-19-16)17(22)20-14-6-4-13(18)5-7-14/h2-8,12H,9-11H2,1H3,(H,20,22). The fourth-order valence-corrected chi connectivity index (χ4v) is 4.25. The summed E-state index contributed by atoms with van der Waals surface area (Å²) in [6.07, 6.45) is 1.61. The van der Waals surface area contributed by atoms with Crippen LogP contribution in [0.5, 0.6) is 0 Å². The number of halogens is 1. The third kappa shape index (κ3) is 4.01. The van der Waals surface area contributed by atoms with E-state index < -0.39 is 15.1 Å². The van der Waals surface area contributed by atoms with E-state index in [4.69, 9.17) is 0 Å². The molecular weight excluding hydrogens is 406 g/mol. The van der Waals surface area contributed by atoms with Gasteiger partial charge in [0.1, 0.15) is 5.82 Å². The highest BCUT2D eigenvalue weighted by molar-refractivity contribution is 9.10. The van der Waals surface area contributed by atoms with Crippen LogP contribution in [0.15, 0.2) is 47.1 Å². The van der Waals surface area contributed by atoms with Crippen LogP contribution in [0.4, 0.5) is 11.5 Å². The molecule has 1 aromatic heterocycles. The summed E-state index contributed by atoms with van der Waals surface area (Å²) < 4.78 is 24.8. The minimum atomic E-state index is -3.06. The first kappa shape index (κ1) is 17.9. The van der Waals surface area contributed by atoms with E-state index in [1.54, 1.807) is 37.4 Å². The van der Waals surface area contributed by atoms with Crippen LogP contribution in [0, 0.1) is 0 Å². The third-order valence-corrected chi connectivity index (χ3v) is 6.82. The molecule has 1 amide bonds. The minimum absolute atomic E-state index is 0.0680. The Morgan fingerprint density at radius 3 is 2.68 bits per heavy atom. The fourth-order valence-electron chi connectivity index (χ4n) is 2.70. The Balaban J connectivity index is 1.83. The molecule has 0 aliphatic carbocycles. The number of rotatable bonds is 3. The Morgan fingerprint density at radius 2 is 2.00 bits per heavy atom. The third-order valence-electron chi connectivity index (χ3n) is 4.17. The smallest absolute Gasteiger partial charge is 0.259 e. The van der Waals surface area contributed by atoms with E-state index in [0.717, 1.165) is 4.47 Å². The number of aromatic nitrogens is 1. The van der Waals surface area contributed by atoms with Crippen LogP contribution in [0.3, 0.4) is 0 Å². The Kier molecular flexibility index (Phi) is 5.10. The number of pyridine rings is 1. The Bertz CT molecular complexity index is 884. The number of nitrogens with zero attached hydrogens (tertiary/aromatic N) is 2. The quantitative estimate of drug-likeness (QED) is 0.820. The van der Waals surface area contributed by atoms with Gasteiger partial charge in [-0.1, -0.05) is 15.9 Å². The lowest BCUT2D eigenvalue weighted by Gasteiger charge is -2.32. The van der Waals surface area contributed by atoms with Gasteiger partial charge in [0.2, 0.25) is 0 Å². The van der Waals surface area contributed by atoms with Crippen LogP contribution in [0.25, 0.3) is 0 Å². The molecule has 25 heavy (non-hydrogen) atoms. The molecule has 132 valence electrons. The summed E-state index contributed by atoms with van der Waals surface area (Å²) in [5.74, 6) is 0.309. The Morgan fingerprint density at radius 1 is 1.28 bits per heavy atom. The second kappa shape index (κ2) is 7.13. The SMILES string of the molecule is CC1CN(c2ncccc2C(=O)Nc2ccc(Br)cc2)CCS1(=O)=O. The normalized spacial score (nSPS) is 19.4. The first-order valence-electron chi connectivity index (χ1n) is 7.85. The van der Waals surface area contributed by atoms with Gasteiger partial charge in [-0.05, 0) is 43.3 Å². The molecule has 0 bridgehead atoms. The first-order chi connectivity index (χ1) is 11.9. The monoisotopic (exact) mass is 423 g/mol. The maximum atomic E-state index is 12.7. The highest BCUT2D eigenvalue weighted by Crippen LogP contribution is 2.23. The average molecular weight is 424 g/mol. The van der Waals surface area contributed by atoms with Gasteiger partial charge in [-0.2, -0.15) is 0 Å². The Labute approximate surface area is 155 Å². The first-order valence-corrected chi connectivity index (χ1v) is 10.4. The molecule has 1 unspecified atom stereocenters. The van der Waals surface area contributed by atoms with E-state index in [-0.39, 0.29) is 11.7 Å². The van der Waals surface area contributed by atoms with Crippen LogP contribution in [-0.2, 0) is 9.84 Å². The molecule has 1 aliphatic rings. The van der Waals surface area contributed by atoms with Gasteiger partial charge in [0.15, 0.2) is 9.84 Å². The molecule has 3 rings (SSSR count). The molecule has 1 aliphatic heterocycles. The zero-order valence-corrected chi connectivity index (χ0v) is 16.0. The van der Waals surface area contributed by atoms with Crippen molar-refractivity contribution in [3.63, 3.8) is 0 Å². The van der Waals surface area contributed by atoms with E-state index in [1.807, 2.05) is 17.0 Å². The number of hydrogen-bond acceptors (Lipinski definition) is 5. The number of sulfone groups is 1. The van der Waals surface area contributed by atoms with Crippen molar-refractivity contribution in [1.29, 1.82) is 0 Å². The summed E-state index contributed by atoms with van der Waals surface area (Å²) in [6.45, 7) is 2.35. The fraction of sp³-hybridized carbons (Fsp3) is 0.294. The van der Waals surface area contributed by atoms with Crippen molar-refractivity contribution in [3.05, 3.63) is 52.6 Å². The molecule has 0 radical (unpaired) electrons. The molecule has 1 fully saturated rings. The molecule has 0 saturated carbocycles. The molecule has 6 nitrogen and oxygen atoms in total. The van der Waals surface area contributed by atoms with Gasteiger partial charge in [0, 0.05) is 29.4 Å². The lowest BCUT2D eigenvalue weighted by Crippen LogP contribution is -2.46. The van der Waals surface area contributed by atoms with Gasteiger partial charge in [-0.3, -0.25) is 4.79 Å². The number of carbonyl (C=O) groups excluding carboxylic acids is 1. The molecule has 1 aromatic carbocycles. The second-order valence-corrected chi connectivity index (χ2v) is 9.41. The summed E-state index contributed by atoms with van der Waals surface area (Å²) in [5.41, 5.74) is 1.11. The number of benzene rings is 1. The summed E-state index contributed by atoms with van der Waals surface area (Å²) in [5, 5.41) is 2.37. The van der Waals surface area contributed by atoms with Gasteiger partial charge < -0.3 is 10.2 Å². The number of anilines is 2. The van der Waals surface area contributed by atoms with Gasteiger partial charge in [0.25, 0.3) is 5.91 Å².